The lowest BCUT2D eigenvalue weighted by Gasteiger charge is -2.30. The van der Waals surface area contributed by atoms with E-state index >= 15 is 0 Å². The number of aliphatic hydroxyl groups is 1. The van der Waals surface area contributed by atoms with Crippen molar-refractivity contribution in [3.63, 3.8) is 0 Å². The highest BCUT2D eigenvalue weighted by atomic mass is 32.2. The molecular weight excluding hydrogens is 356 g/mol. The van der Waals surface area contributed by atoms with Gasteiger partial charge in [-0.2, -0.15) is 0 Å². The van der Waals surface area contributed by atoms with Gasteiger partial charge in [-0.25, -0.2) is 8.42 Å². The van der Waals surface area contributed by atoms with Crippen molar-refractivity contribution >= 4 is 15.5 Å². The topological polar surface area (TPSA) is 101 Å². The van der Waals surface area contributed by atoms with E-state index < -0.39 is 26.9 Å². The Kier molecular flexibility index (Phi) is 5.36. The molecule has 0 radical (unpaired) electrons. The van der Waals surface area contributed by atoms with Gasteiger partial charge < -0.3 is 5.11 Å². The molecule has 0 saturated carbocycles. The van der Waals surface area contributed by atoms with Crippen LogP contribution < -0.4 is 0 Å². The Labute approximate surface area is 152 Å². The highest BCUT2D eigenvalue weighted by Gasteiger charge is 2.39. The van der Waals surface area contributed by atoms with Gasteiger partial charge >= 0.3 is 0 Å². The highest BCUT2D eigenvalue weighted by Crippen LogP contribution is 2.23. The van der Waals surface area contributed by atoms with Crippen LogP contribution in [0.5, 0.6) is 0 Å². The Morgan fingerprint density at radius 2 is 1.58 bits per heavy atom. The Bertz CT molecular complexity index is 868. The fourth-order valence-corrected chi connectivity index (χ4v) is 5.06. The van der Waals surface area contributed by atoms with E-state index in [2.05, 4.69) is 0 Å². The average molecular weight is 376 g/mol. The first-order valence-corrected chi connectivity index (χ1v) is 10.1. The van der Waals surface area contributed by atoms with E-state index in [9.17, 15) is 23.6 Å². The molecule has 1 N–H and O–H groups in total. The third kappa shape index (κ3) is 4.46. The number of nitro groups is 1. The summed E-state index contributed by atoms with van der Waals surface area (Å²) >= 11 is 0. The van der Waals surface area contributed by atoms with Gasteiger partial charge in [-0.1, -0.05) is 42.5 Å². The van der Waals surface area contributed by atoms with Gasteiger partial charge in [0, 0.05) is 25.2 Å². The van der Waals surface area contributed by atoms with E-state index in [1.807, 2.05) is 35.2 Å². The molecule has 138 valence electrons. The van der Waals surface area contributed by atoms with Gasteiger partial charge in [-0.15, -0.1) is 0 Å². The van der Waals surface area contributed by atoms with Crippen molar-refractivity contribution in [2.45, 2.75) is 25.2 Å². The number of sulfone groups is 1. The van der Waals surface area contributed by atoms with E-state index in [0.717, 1.165) is 11.1 Å². The lowest BCUT2D eigenvalue weighted by Crippen LogP contribution is -2.42. The van der Waals surface area contributed by atoms with Gasteiger partial charge in [-0.3, -0.25) is 15.0 Å². The van der Waals surface area contributed by atoms with Crippen LogP contribution in [-0.2, 0) is 22.9 Å². The second kappa shape index (κ2) is 7.53. The highest BCUT2D eigenvalue weighted by molar-refractivity contribution is 7.91. The smallest absolute Gasteiger partial charge is 0.269 e. The number of hydrogen-bond donors (Lipinski definition) is 1. The third-order valence-electron chi connectivity index (χ3n) is 4.52. The van der Waals surface area contributed by atoms with Crippen molar-refractivity contribution in [2.24, 2.45) is 0 Å². The number of nitrogens with zero attached hydrogens (tertiary/aromatic N) is 2. The Morgan fingerprint density at radius 1 is 1.00 bits per heavy atom. The maximum Gasteiger partial charge on any atom is 0.269 e. The molecule has 1 aliphatic rings. The molecule has 2 atom stereocenters. The van der Waals surface area contributed by atoms with Crippen LogP contribution in [0.3, 0.4) is 0 Å². The van der Waals surface area contributed by atoms with Gasteiger partial charge in [0.1, 0.15) is 0 Å². The number of nitro benzene ring substituents is 1. The summed E-state index contributed by atoms with van der Waals surface area (Å²) in [6, 6.07) is 15.3. The second-order valence-corrected chi connectivity index (χ2v) is 8.68. The molecule has 0 aliphatic carbocycles. The lowest BCUT2D eigenvalue weighted by atomic mass is 10.1. The van der Waals surface area contributed by atoms with Gasteiger partial charge in [-0.05, 0) is 11.1 Å². The van der Waals surface area contributed by atoms with E-state index in [-0.39, 0.29) is 17.2 Å². The van der Waals surface area contributed by atoms with Crippen LogP contribution in [0.15, 0.2) is 54.6 Å². The van der Waals surface area contributed by atoms with Crippen LogP contribution >= 0.6 is 0 Å². The van der Waals surface area contributed by atoms with Crippen molar-refractivity contribution < 1.29 is 18.4 Å². The molecule has 0 aromatic heterocycles. The summed E-state index contributed by atoms with van der Waals surface area (Å²) in [6.45, 7) is 0.874. The lowest BCUT2D eigenvalue weighted by molar-refractivity contribution is -0.384. The van der Waals surface area contributed by atoms with E-state index in [1.165, 1.54) is 12.1 Å². The Hall–Kier alpha value is -2.29. The molecule has 26 heavy (non-hydrogen) atoms. The first kappa shape index (κ1) is 18.5. The van der Waals surface area contributed by atoms with Crippen LogP contribution in [0.2, 0.25) is 0 Å². The van der Waals surface area contributed by atoms with E-state index in [4.69, 9.17) is 0 Å². The SMILES string of the molecule is O=[N+]([O-])c1ccc(CN(Cc2ccccc2)[C@@H]2CS(=O)(=O)C[C@H]2O)cc1. The van der Waals surface area contributed by atoms with Gasteiger partial charge in [0.05, 0.1) is 28.6 Å². The first-order chi connectivity index (χ1) is 12.3. The summed E-state index contributed by atoms with van der Waals surface area (Å²) in [4.78, 5) is 12.3. The Balaban J connectivity index is 1.84. The van der Waals surface area contributed by atoms with Crippen LogP contribution in [0.4, 0.5) is 5.69 Å². The van der Waals surface area contributed by atoms with Crippen LogP contribution in [0.1, 0.15) is 11.1 Å². The number of hydrogen-bond acceptors (Lipinski definition) is 6. The van der Waals surface area contributed by atoms with E-state index in [1.54, 1.807) is 12.1 Å². The van der Waals surface area contributed by atoms with Crippen LogP contribution in [0, 0.1) is 10.1 Å². The van der Waals surface area contributed by atoms with Crippen LogP contribution in [-0.4, -0.2) is 47.0 Å². The van der Waals surface area contributed by atoms with E-state index in [0.29, 0.717) is 13.1 Å². The van der Waals surface area contributed by atoms with Gasteiger partial charge in [0.25, 0.3) is 5.69 Å². The first-order valence-electron chi connectivity index (χ1n) is 8.24. The van der Waals surface area contributed by atoms with Crippen molar-refractivity contribution in [3.8, 4) is 0 Å². The molecule has 0 bridgehead atoms. The molecule has 1 heterocycles. The second-order valence-electron chi connectivity index (χ2n) is 6.53. The van der Waals surface area contributed by atoms with Gasteiger partial charge in [0.2, 0.25) is 0 Å². The summed E-state index contributed by atoms with van der Waals surface area (Å²) < 4.78 is 23.8. The minimum Gasteiger partial charge on any atom is -0.390 e. The number of benzene rings is 2. The molecule has 2 aromatic carbocycles. The molecule has 2 aromatic rings. The number of rotatable bonds is 6. The molecule has 0 amide bonds. The quantitative estimate of drug-likeness (QED) is 0.609. The zero-order valence-electron chi connectivity index (χ0n) is 14.1. The molecule has 1 fully saturated rings. The minimum atomic E-state index is -3.27. The molecule has 0 unspecified atom stereocenters. The zero-order chi connectivity index (χ0) is 18.7. The van der Waals surface area contributed by atoms with Gasteiger partial charge in [0.15, 0.2) is 9.84 Å². The van der Waals surface area contributed by atoms with Crippen molar-refractivity contribution in [2.75, 3.05) is 11.5 Å². The zero-order valence-corrected chi connectivity index (χ0v) is 14.9. The maximum absolute atomic E-state index is 11.9. The third-order valence-corrected chi connectivity index (χ3v) is 6.22. The van der Waals surface area contributed by atoms with Crippen LogP contribution in [0.25, 0.3) is 0 Å². The summed E-state index contributed by atoms with van der Waals surface area (Å²) in [7, 11) is -3.27. The summed E-state index contributed by atoms with van der Waals surface area (Å²) in [5.41, 5.74) is 1.83. The predicted octanol–water partition coefficient (Wildman–Crippen LogP) is 1.75. The monoisotopic (exact) mass is 376 g/mol. The fraction of sp³-hybridized carbons (Fsp3) is 0.333. The summed E-state index contributed by atoms with van der Waals surface area (Å²) in [6.07, 6.45) is -0.943. The number of non-ortho nitro benzene ring substituents is 1. The van der Waals surface area contributed by atoms with Crippen molar-refractivity contribution in [3.05, 3.63) is 75.8 Å². The number of aliphatic hydroxyl groups excluding tert-OH is 1. The molecule has 8 heteroatoms. The molecule has 1 aliphatic heterocycles. The molecule has 3 rings (SSSR count). The molecule has 1 saturated heterocycles. The average Bonchev–Trinajstić information content (AvgIpc) is 2.88. The largest absolute Gasteiger partial charge is 0.390 e. The predicted molar refractivity (Wildman–Crippen MR) is 97.2 cm³/mol. The maximum atomic E-state index is 11.9. The molecular formula is C18H20N2O5S. The normalized spacial score (nSPS) is 21.8. The van der Waals surface area contributed by atoms with Crippen molar-refractivity contribution in [1.82, 2.24) is 4.90 Å². The van der Waals surface area contributed by atoms with Crippen molar-refractivity contribution in [1.29, 1.82) is 0 Å². The molecule has 7 nitrogen and oxygen atoms in total. The summed E-state index contributed by atoms with van der Waals surface area (Å²) in [5, 5.41) is 21.1. The fourth-order valence-electron chi connectivity index (χ4n) is 3.23. The molecule has 0 spiro atoms. The standard InChI is InChI=1S/C18H20N2O5S/c21-18-13-26(24,25)12-17(18)19(10-14-4-2-1-3-5-14)11-15-6-8-16(9-7-15)20(22)23/h1-9,17-18,21H,10-13H2/t17-,18-/m1/s1. The summed E-state index contributed by atoms with van der Waals surface area (Å²) in [5.74, 6) is -0.322. The minimum absolute atomic E-state index is 0.00633. The Morgan fingerprint density at radius 3 is 2.08 bits per heavy atom.